The first-order chi connectivity index (χ1) is 5.38. The van der Waals surface area contributed by atoms with Gasteiger partial charge in [-0.3, -0.25) is 0 Å². The van der Waals surface area contributed by atoms with Gasteiger partial charge in [0.05, 0.1) is 6.04 Å². The van der Waals surface area contributed by atoms with Crippen molar-refractivity contribution in [2.45, 2.75) is 39.7 Å². The molecule has 0 spiro atoms. The summed E-state index contributed by atoms with van der Waals surface area (Å²) in [5.41, 5.74) is -0.400. The van der Waals surface area contributed by atoms with Crippen molar-refractivity contribution in [3.63, 3.8) is 0 Å². The van der Waals surface area contributed by atoms with Crippen LogP contribution in [0.25, 0.3) is 0 Å². The molecule has 1 aliphatic carbocycles. The minimum Gasteiger partial charge on any atom is -0.444 e. The Hall–Kier alpha value is -0.730. The second-order valence-corrected chi connectivity index (χ2v) is 4.26. The Morgan fingerprint density at radius 1 is 1.58 bits per heavy atom. The van der Waals surface area contributed by atoms with Crippen LogP contribution >= 0.6 is 0 Å². The van der Waals surface area contributed by atoms with Gasteiger partial charge in [-0.25, -0.2) is 4.79 Å². The van der Waals surface area contributed by atoms with Crippen LogP contribution in [0, 0.1) is 12.0 Å². The van der Waals surface area contributed by atoms with Crippen molar-refractivity contribution in [3.8, 4) is 0 Å². The highest BCUT2D eigenvalue weighted by atomic mass is 16.6. The first-order valence-corrected chi connectivity index (χ1v) is 4.24. The Kier molecular flexibility index (Phi) is 2.31. The fourth-order valence-electron chi connectivity index (χ4n) is 0.880. The third-order valence-electron chi connectivity index (χ3n) is 1.62. The average Bonchev–Trinajstić information content (AvgIpc) is 2.40. The minimum atomic E-state index is -0.400. The molecule has 0 saturated heterocycles. The lowest BCUT2D eigenvalue weighted by Crippen LogP contribution is -2.31. The quantitative estimate of drug-likeness (QED) is 0.654. The van der Waals surface area contributed by atoms with Crippen molar-refractivity contribution in [1.82, 2.24) is 5.32 Å². The maximum absolute atomic E-state index is 11.1. The van der Waals surface area contributed by atoms with Gasteiger partial charge in [0, 0.05) is 0 Å². The second kappa shape index (κ2) is 2.96. The molecule has 0 aliphatic heterocycles. The average molecular weight is 170 g/mol. The van der Waals surface area contributed by atoms with Crippen LogP contribution in [-0.2, 0) is 4.74 Å². The number of carbonyl (C=O) groups is 1. The van der Waals surface area contributed by atoms with E-state index in [4.69, 9.17) is 4.74 Å². The SMILES string of the molecule is CC1C[C]1NC(=O)OC(C)(C)C. The van der Waals surface area contributed by atoms with Gasteiger partial charge in [0.1, 0.15) is 5.60 Å². The smallest absolute Gasteiger partial charge is 0.408 e. The maximum atomic E-state index is 11.1. The van der Waals surface area contributed by atoms with Crippen molar-refractivity contribution in [1.29, 1.82) is 0 Å². The molecule has 1 saturated carbocycles. The number of rotatable bonds is 1. The summed E-state index contributed by atoms with van der Waals surface area (Å²) in [7, 11) is 0. The van der Waals surface area contributed by atoms with Gasteiger partial charge >= 0.3 is 6.09 Å². The first-order valence-electron chi connectivity index (χ1n) is 4.24. The Labute approximate surface area is 73.5 Å². The van der Waals surface area contributed by atoms with Crippen molar-refractivity contribution in [2.75, 3.05) is 0 Å². The molecule has 0 bridgehead atoms. The van der Waals surface area contributed by atoms with E-state index in [1.807, 2.05) is 20.8 Å². The summed E-state index contributed by atoms with van der Waals surface area (Å²) in [5.74, 6) is 0.539. The molecule has 1 amide bonds. The molecule has 3 heteroatoms. The van der Waals surface area contributed by atoms with Gasteiger partial charge in [-0.2, -0.15) is 0 Å². The minimum absolute atomic E-state index is 0.332. The summed E-state index contributed by atoms with van der Waals surface area (Å²) >= 11 is 0. The third-order valence-corrected chi connectivity index (χ3v) is 1.62. The summed E-state index contributed by atoms with van der Waals surface area (Å²) in [5, 5.41) is 2.72. The second-order valence-electron chi connectivity index (χ2n) is 4.26. The number of ether oxygens (including phenoxy) is 1. The Morgan fingerprint density at radius 3 is 2.42 bits per heavy atom. The zero-order valence-electron chi connectivity index (χ0n) is 8.10. The van der Waals surface area contributed by atoms with Gasteiger partial charge in [0.2, 0.25) is 0 Å². The van der Waals surface area contributed by atoms with E-state index in [9.17, 15) is 4.79 Å². The molecule has 12 heavy (non-hydrogen) atoms. The van der Waals surface area contributed by atoms with Crippen LogP contribution in [-0.4, -0.2) is 11.7 Å². The number of amides is 1. The summed E-state index contributed by atoms with van der Waals surface area (Å²) in [6, 6.07) is 1.09. The van der Waals surface area contributed by atoms with E-state index < -0.39 is 5.60 Å². The van der Waals surface area contributed by atoms with Crippen molar-refractivity contribution in [3.05, 3.63) is 6.04 Å². The van der Waals surface area contributed by atoms with Crippen LogP contribution in [0.4, 0.5) is 4.79 Å². The lowest BCUT2D eigenvalue weighted by atomic mass is 10.2. The molecular formula is C9H16NO2. The van der Waals surface area contributed by atoms with Crippen LogP contribution in [0.2, 0.25) is 0 Å². The van der Waals surface area contributed by atoms with Crippen LogP contribution in [0.3, 0.4) is 0 Å². The predicted octanol–water partition coefficient (Wildman–Crippen LogP) is 2.08. The highest BCUT2D eigenvalue weighted by molar-refractivity contribution is 5.70. The molecule has 1 rings (SSSR count). The van der Waals surface area contributed by atoms with Crippen LogP contribution in [0.15, 0.2) is 0 Å². The highest BCUT2D eigenvalue weighted by Gasteiger charge is 2.36. The fraction of sp³-hybridized carbons (Fsp3) is 0.778. The van der Waals surface area contributed by atoms with Crippen molar-refractivity contribution in [2.24, 2.45) is 5.92 Å². The van der Waals surface area contributed by atoms with Gasteiger partial charge in [-0.05, 0) is 33.1 Å². The molecule has 1 N–H and O–H groups in total. The topological polar surface area (TPSA) is 38.3 Å². The van der Waals surface area contributed by atoms with Crippen molar-refractivity contribution < 1.29 is 9.53 Å². The molecule has 0 heterocycles. The van der Waals surface area contributed by atoms with E-state index in [-0.39, 0.29) is 6.09 Å². The molecule has 3 nitrogen and oxygen atoms in total. The highest BCUT2D eigenvalue weighted by Crippen LogP contribution is 2.37. The van der Waals surface area contributed by atoms with E-state index >= 15 is 0 Å². The normalized spacial score (nSPS) is 23.5. The Bertz CT molecular complexity index is 183. The predicted molar refractivity (Wildman–Crippen MR) is 46.4 cm³/mol. The Morgan fingerprint density at radius 2 is 2.08 bits per heavy atom. The van der Waals surface area contributed by atoms with Crippen LogP contribution in [0.5, 0.6) is 0 Å². The summed E-state index contributed by atoms with van der Waals surface area (Å²) in [4.78, 5) is 11.1. The zero-order valence-corrected chi connectivity index (χ0v) is 8.10. The van der Waals surface area contributed by atoms with Crippen LogP contribution < -0.4 is 5.32 Å². The zero-order chi connectivity index (χ0) is 9.35. The van der Waals surface area contributed by atoms with Crippen LogP contribution in [0.1, 0.15) is 34.1 Å². The molecule has 1 unspecified atom stereocenters. The molecular weight excluding hydrogens is 154 g/mol. The van der Waals surface area contributed by atoms with Gasteiger partial charge in [-0.1, -0.05) is 6.92 Å². The van der Waals surface area contributed by atoms with E-state index in [1.54, 1.807) is 0 Å². The van der Waals surface area contributed by atoms with Gasteiger partial charge in [0.15, 0.2) is 0 Å². The van der Waals surface area contributed by atoms with Gasteiger partial charge in [-0.15, -0.1) is 0 Å². The largest absolute Gasteiger partial charge is 0.444 e. The molecule has 1 atom stereocenters. The Balaban J connectivity index is 2.21. The van der Waals surface area contributed by atoms with Crippen molar-refractivity contribution >= 4 is 6.09 Å². The standard InChI is InChI=1S/C9H16NO2/c1-6-5-7(6)10-8(11)12-9(2,3)4/h6H,5H2,1-4H3,(H,10,11). The first kappa shape index (κ1) is 9.36. The van der Waals surface area contributed by atoms with E-state index in [1.165, 1.54) is 0 Å². The number of hydrogen-bond acceptors (Lipinski definition) is 2. The van der Waals surface area contributed by atoms with E-state index in [0.29, 0.717) is 5.92 Å². The molecule has 0 aromatic rings. The summed E-state index contributed by atoms with van der Waals surface area (Å²) < 4.78 is 5.07. The molecule has 1 aliphatic rings. The maximum Gasteiger partial charge on any atom is 0.408 e. The van der Waals surface area contributed by atoms with E-state index in [2.05, 4.69) is 12.2 Å². The van der Waals surface area contributed by atoms with Gasteiger partial charge < -0.3 is 10.1 Å². The lowest BCUT2D eigenvalue weighted by Gasteiger charge is -2.19. The number of alkyl carbamates (subject to hydrolysis) is 1. The van der Waals surface area contributed by atoms with E-state index in [0.717, 1.165) is 12.5 Å². The fourth-order valence-corrected chi connectivity index (χ4v) is 0.880. The number of hydrogen-bond donors (Lipinski definition) is 1. The molecule has 1 fully saturated rings. The third kappa shape index (κ3) is 3.11. The lowest BCUT2D eigenvalue weighted by molar-refractivity contribution is 0.0539. The summed E-state index contributed by atoms with van der Waals surface area (Å²) in [6.45, 7) is 7.64. The number of nitrogens with one attached hydrogen (secondary N) is 1. The molecule has 0 aromatic heterocycles. The number of carbonyl (C=O) groups excluding carboxylic acids is 1. The monoisotopic (exact) mass is 170 g/mol. The summed E-state index contributed by atoms with van der Waals surface area (Å²) in [6.07, 6.45) is 0.668. The van der Waals surface area contributed by atoms with Gasteiger partial charge in [0.25, 0.3) is 0 Å². The molecule has 0 aromatic carbocycles. The molecule has 1 radical (unpaired) electrons. The molecule has 69 valence electrons.